The van der Waals surface area contributed by atoms with E-state index in [0.717, 1.165) is 0 Å². The number of carbonyl (C=O) groups is 2. The summed E-state index contributed by atoms with van der Waals surface area (Å²) in [4.78, 5) is 23.5. The number of carboxylic acids is 1. The highest BCUT2D eigenvalue weighted by atomic mass is 16.4. The van der Waals surface area contributed by atoms with Crippen LogP contribution in [-0.2, 0) is 0 Å². The van der Waals surface area contributed by atoms with Crippen LogP contribution in [0.3, 0.4) is 0 Å². The standard InChI is InChI=1S/C16H14N2O3/c17-9-1-2-10-18-15(19)12-7-3-5-11-6-4-8-13(14(11)12)16(20)21/h3-8H,1-2,10H2,(H,18,19)(H,20,21). The Labute approximate surface area is 121 Å². The van der Waals surface area contributed by atoms with Gasteiger partial charge < -0.3 is 10.4 Å². The molecule has 0 radical (unpaired) electrons. The molecule has 5 heteroatoms. The molecule has 1 amide bonds. The van der Waals surface area contributed by atoms with E-state index in [9.17, 15) is 14.7 Å². The first-order valence-electron chi connectivity index (χ1n) is 6.55. The van der Waals surface area contributed by atoms with Crippen molar-refractivity contribution in [2.75, 3.05) is 6.54 Å². The normalized spacial score (nSPS) is 10.0. The Hall–Kier alpha value is -2.87. The number of aromatic carboxylic acids is 1. The molecular formula is C16H14N2O3. The van der Waals surface area contributed by atoms with Gasteiger partial charge >= 0.3 is 5.97 Å². The van der Waals surface area contributed by atoms with Gasteiger partial charge in [-0.1, -0.05) is 24.3 Å². The lowest BCUT2D eigenvalue weighted by atomic mass is 9.98. The Balaban J connectivity index is 2.37. The molecule has 2 N–H and O–H groups in total. The maximum absolute atomic E-state index is 12.2. The fraction of sp³-hybridized carbons (Fsp3) is 0.188. The molecule has 0 unspecified atom stereocenters. The quantitative estimate of drug-likeness (QED) is 0.825. The van der Waals surface area contributed by atoms with Gasteiger partial charge in [0.05, 0.1) is 11.6 Å². The molecule has 0 aliphatic carbocycles. The molecular weight excluding hydrogens is 268 g/mol. The van der Waals surface area contributed by atoms with Crippen LogP contribution < -0.4 is 5.32 Å². The van der Waals surface area contributed by atoms with Crippen molar-refractivity contribution in [3.05, 3.63) is 47.5 Å². The van der Waals surface area contributed by atoms with Gasteiger partial charge in [-0.3, -0.25) is 4.79 Å². The second-order valence-electron chi connectivity index (χ2n) is 4.53. The van der Waals surface area contributed by atoms with Gasteiger partial charge in [0.1, 0.15) is 0 Å². The van der Waals surface area contributed by atoms with Crippen molar-refractivity contribution in [1.82, 2.24) is 5.32 Å². The number of carboxylic acid groups (broad SMARTS) is 1. The Bertz CT molecular complexity index is 727. The van der Waals surface area contributed by atoms with Gasteiger partial charge in [0.15, 0.2) is 0 Å². The first kappa shape index (κ1) is 14.5. The summed E-state index contributed by atoms with van der Waals surface area (Å²) < 4.78 is 0. The van der Waals surface area contributed by atoms with E-state index in [-0.39, 0.29) is 11.5 Å². The van der Waals surface area contributed by atoms with Crippen molar-refractivity contribution in [3.63, 3.8) is 0 Å². The SMILES string of the molecule is N#CCCCNC(=O)c1cccc2cccc(C(=O)O)c12. The summed E-state index contributed by atoms with van der Waals surface area (Å²) in [7, 11) is 0. The molecule has 0 spiro atoms. The number of nitrogens with one attached hydrogen (secondary N) is 1. The van der Waals surface area contributed by atoms with Crippen molar-refractivity contribution in [2.45, 2.75) is 12.8 Å². The van der Waals surface area contributed by atoms with E-state index in [0.29, 0.717) is 35.7 Å². The van der Waals surface area contributed by atoms with E-state index in [1.165, 1.54) is 6.07 Å². The van der Waals surface area contributed by atoms with Crippen LogP contribution in [0.5, 0.6) is 0 Å². The number of carbonyl (C=O) groups excluding carboxylic acids is 1. The molecule has 5 nitrogen and oxygen atoms in total. The maximum Gasteiger partial charge on any atom is 0.336 e. The molecule has 2 rings (SSSR count). The first-order chi connectivity index (χ1) is 10.1. The minimum Gasteiger partial charge on any atom is -0.478 e. The first-order valence-corrected chi connectivity index (χ1v) is 6.55. The van der Waals surface area contributed by atoms with Crippen LogP contribution in [0.2, 0.25) is 0 Å². The van der Waals surface area contributed by atoms with Crippen LogP contribution >= 0.6 is 0 Å². The molecule has 2 aromatic carbocycles. The van der Waals surface area contributed by atoms with Gasteiger partial charge in [-0.15, -0.1) is 0 Å². The summed E-state index contributed by atoms with van der Waals surface area (Å²) in [5.74, 6) is -1.39. The topological polar surface area (TPSA) is 90.2 Å². The van der Waals surface area contributed by atoms with Gasteiger partial charge in [0, 0.05) is 23.9 Å². The van der Waals surface area contributed by atoms with Gasteiger partial charge in [0.25, 0.3) is 5.91 Å². The molecule has 0 bridgehead atoms. The van der Waals surface area contributed by atoms with Crippen LogP contribution in [0.4, 0.5) is 0 Å². The minimum absolute atomic E-state index is 0.107. The van der Waals surface area contributed by atoms with E-state index in [4.69, 9.17) is 5.26 Å². The summed E-state index contributed by atoms with van der Waals surface area (Å²) in [5, 5.41) is 21.6. The Morgan fingerprint density at radius 2 is 1.81 bits per heavy atom. The van der Waals surface area contributed by atoms with Gasteiger partial charge in [-0.2, -0.15) is 5.26 Å². The number of benzene rings is 2. The third-order valence-corrected chi connectivity index (χ3v) is 3.13. The molecule has 0 heterocycles. The lowest BCUT2D eigenvalue weighted by molar-refractivity contribution is 0.0699. The van der Waals surface area contributed by atoms with Crippen LogP contribution in [0.1, 0.15) is 33.6 Å². The Morgan fingerprint density at radius 1 is 1.14 bits per heavy atom. The molecule has 0 saturated heterocycles. The van der Waals surface area contributed by atoms with Crippen molar-refractivity contribution >= 4 is 22.6 Å². The van der Waals surface area contributed by atoms with E-state index >= 15 is 0 Å². The Kier molecular flexibility index (Phi) is 4.52. The fourth-order valence-electron chi connectivity index (χ4n) is 2.17. The van der Waals surface area contributed by atoms with Crippen LogP contribution in [-0.4, -0.2) is 23.5 Å². The van der Waals surface area contributed by atoms with Gasteiger partial charge in [0.2, 0.25) is 0 Å². The summed E-state index contributed by atoms with van der Waals surface area (Å²) in [6.45, 7) is 0.387. The minimum atomic E-state index is -1.06. The average Bonchev–Trinajstić information content (AvgIpc) is 2.50. The maximum atomic E-state index is 12.2. The van der Waals surface area contributed by atoms with E-state index in [2.05, 4.69) is 5.32 Å². The molecule has 2 aromatic rings. The fourth-order valence-corrected chi connectivity index (χ4v) is 2.17. The molecule has 21 heavy (non-hydrogen) atoms. The van der Waals surface area contributed by atoms with E-state index in [1.807, 2.05) is 6.07 Å². The molecule has 0 fully saturated rings. The molecule has 0 atom stereocenters. The summed E-state index contributed by atoms with van der Waals surface area (Å²) in [6.07, 6.45) is 0.939. The summed E-state index contributed by atoms with van der Waals surface area (Å²) in [6, 6.07) is 12.0. The number of fused-ring (bicyclic) bond motifs is 1. The predicted octanol–water partition coefficient (Wildman–Crippen LogP) is 2.57. The van der Waals surface area contributed by atoms with E-state index < -0.39 is 5.97 Å². The number of hydrogen-bond donors (Lipinski definition) is 2. The van der Waals surface area contributed by atoms with Crippen molar-refractivity contribution < 1.29 is 14.7 Å². The highest BCUT2D eigenvalue weighted by Crippen LogP contribution is 2.23. The molecule has 0 aromatic heterocycles. The second kappa shape index (κ2) is 6.53. The smallest absolute Gasteiger partial charge is 0.336 e. The number of hydrogen-bond acceptors (Lipinski definition) is 3. The lowest BCUT2D eigenvalue weighted by Gasteiger charge is -2.09. The lowest BCUT2D eigenvalue weighted by Crippen LogP contribution is -2.25. The predicted molar refractivity (Wildman–Crippen MR) is 78.1 cm³/mol. The van der Waals surface area contributed by atoms with Crippen molar-refractivity contribution in [1.29, 1.82) is 5.26 Å². The largest absolute Gasteiger partial charge is 0.478 e. The number of nitriles is 1. The summed E-state index contributed by atoms with van der Waals surface area (Å²) >= 11 is 0. The third kappa shape index (κ3) is 3.18. The number of unbranched alkanes of at least 4 members (excludes halogenated alkanes) is 1. The third-order valence-electron chi connectivity index (χ3n) is 3.13. The monoisotopic (exact) mass is 282 g/mol. The van der Waals surface area contributed by atoms with E-state index in [1.54, 1.807) is 30.3 Å². The number of nitrogens with zero attached hydrogens (tertiary/aromatic N) is 1. The zero-order valence-corrected chi connectivity index (χ0v) is 11.3. The van der Waals surface area contributed by atoms with Crippen molar-refractivity contribution in [2.24, 2.45) is 0 Å². The Morgan fingerprint density at radius 3 is 2.43 bits per heavy atom. The zero-order chi connectivity index (χ0) is 15.2. The molecule has 0 aliphatic rings. The number of rotatable bonds is 5. The van der Waals surface area contributed by atoms with Crippen molar-refractivity contribution in [3.8, 4) is 6.07 Å². The number of amides is 1. The highest BCUT2D eigenvalue weighted by molar-refractivity contribution is 6.14. The van der Waals surface area contributed by atoms with Gasteiger partial charge in [-0.25, -0.2) is 4.79 Å². The van der Waals surface area contributed by atoms with Crippen LogP contribution in [0, 0.1) is 11.3 Å². The van der Waals surface area contributed by atoms with Gasteiger partial charge in [-0.05, 0) is 23.9 Å². The molecule has 0 saturated carbocycles. The molecule has 0 aliphatic heterocycles. The molecule has 106 valence electrons. The highest BCUT2D eigenvalue weighted by Gasteiger charge is 2.15. The van der Waals surface area contributed by atoms with Crippen LogP contribution in [0.25, 0.3) is 10.8 Å². The second-order valence-corrected chi connectivity index (χ2v) is 4.53. The average molecular weight is 282 g/mol. The van der Waals surface area contributed by atoms with Crippen LogP contribution in [0.15, 0.2) is 36.4 Å². The summed E-state index contributed by atoms with van der Waals surface area (Å²) in [5.41, 5.74) is 0.442. The zero-order valence-electron chi connectivity index (χ0n) is 11.3.